The molecule has 0 aliphatic rings. The average Bonchev–Trinajstić information content (AvgIpc) is 2.48. The first-order chi connectivity index (χ1) is 10.1. The van der Waals surface area contributed by atoms with E-state index in [0.29, 0.717) is 5.56 Å². The average molecular weight is 299 g/mol. The Morgan fingerprint density at radius 2 is 1.71 bits per heavy atom. The van der Waals surface area contributed by atoms with Crippen LogP contribution in [0.25, 0.3) is 0 Å². The number of hydrogen-bond acceptors (Lipinski definition) is 2. The fraction of sp³-hybridized carbons (Fsp3) is 0.125. The zero-order valence-corrected chi connectivity index (χ0v) is 12.5. The number of thiocarbonyl (C=S) groups is 1. The zero-order chi connectivity index (χ0) is 15.2. The minimum Gasteiger partial charge on any atom is -0.376 e. The summed E-state index contributed by atoms with van der Waals surface area (Å²) >= 11 is 4.76. The van der Waals surface area contributed by atoms with Crippen molar-refractivity contribution >= 4 is 28.9 Å². The highest BCUT2D eigenvalue weighted by Gasteiger charge is 2.11. The maximum atomic E-state index is 12.2. The van der Waals surface area contributed by atoms with E-state index in [2.05, 4.69) is 10.6 Å². The Labute approximate surface area is 129 Å². The third-order valence-electron chi connectivity index (χ3n) is 3.06. The van der Waals surface area contributed by atoms with Crippen LogP contribution in [-0.2, 0) is 0 Å². The predicted molar refractivity (Wildman–Crippen MR) is 89.2 cm³/mol. The Bertz CT molecular complexity index is 626. The second-order valence-corrected chi connectivity index (χ2v) is 5.11. The molecule has 2 aromatic carbocycles. The summed E-state index contributed by atoms with van der Waals surface area (Å²) in [5.74, 6) is -0.117. The number of anilines is 1. The Kier molecular flexibility index (Phi) is 4.90. The van der Waals surface area contributed by atoms with Gasteiger partial charge in [-0.3, -0.25) is 4.79 Å². The van der Waals surface area contributed by atoms with Gasteiger partial charge in [-0.2, -0.15) is 0 Å². The Hall–Kier alpha value is -2.40. The van der Waals surface area contributed by atoms with Gasteiger partial charge in [0, 0.05) is 11.3 Å². The van der Waals surface area contributed by atoms with Crippen LogP contribution in [0.3, 0.4) is 0 Å². The van der Waals surface area contributed by atoms with Crippen molar-refractivity contribution in [3.05, 3.63) is 65.7 Å². The molecule has 1 unspecified atom stereocenters. The molecule has 0 aliphatic carbocycles. The van der Waals surface area contributed by atoms with Gasteiger partial charge >= 0.3 is 0 Å². The lowest BCUT2D eigenvalue weighted by Gasteiger charge is -2.14. The third-order valence-corrected chi connectivity index (χ3v) is 3.16. The van der Waals surface area contributed by atoms with Crippen LogP contribution >= 0.6 is 12.2 Å². The highest BCUT2D eigenvalue weighted by atomic mass is 32.1. The number of nitrogens with two attached hydrogens (primary N) is 1. The predicted octanol–water partition coefficient (Wildman–Crippen LogP) is 2.83. The van der Waals surface area contributed by atoms with Gasteiger partial charge in [-0.05, 0) is 49.0 Å². The highest BCUT2D eigenvalue weighted by Crippen LogP contribution is 2.14. The molecule has 4 N–H and O–H groups in total. The Morgan fingerprint density at radius 3 is 2.29 bits per heavy atom. The van der Waals surface area contributed by atoms with Gasteiger partial charge in [0.05, 0.1) is 6.04 Å². The van der Waals surface area contributed by atoms with Crippen molar-refractivity contribution in [2.45, 2.75) is 13.0 Å². The molecule has 0 aromatic heterocycles. The smallest absolute Gasteiger partial charge is 0.251 e. The summed E-state index contributed by atoms with van der Waals surface area (Å²) < 4.78 is 0. The summed E-state index contributed by atoms with van der Waals surface area (Å²) in [5.41, 5.74) is 7.81. The van der Waals surface area contributed by atoms with Crippen LogP contribution in [0.5, 0.6) is 0 Å². The summed E-state index contributed by atoms with van der Waals surface area (Å²) in [4.78, 5) is 12.2. The molecule has 0 bridgehead atoms. The minimum atomic E-state index is -0.117. The zero-order valence-electron chi connectivity index (χ0n) is 11.7. The molecule has 2 aromatic rings. The fourth-order valence-electron chi connectivity index (χ4n) is 1.95. The number of amides is 1. The van der Waals surface area contributed by atoms with Gasteiger partial charge in [0.25, 0.3) is 5.91 Å². The third kappa shape index (κ3) is 4.29. The summed E-state index contributed by atoms with van der Waals surface area (Å²) in [6.07, 6.45) is 0. The first kappa shape index (κ1) is 15.0. The molecular weight excluding hydrogens is 282 g/mol. The first-order valence-corrected chi connectivity index (χ1v) is 6.99. The summed E-state index contributed by atoms with van der Waals surface area (Å²) in [5, 5.41) is 5.98. The van der Waals surface area contributed by atoms with E-state index in [0.717, 1.165) is 11.3 Å². The van der Waals surface area contributed by atoms with Crippen LogP contribution in [0, 0.1) is 0 Å². The molecule has 5 heteroatoms. The van der Waals surface area contributed by atoms with Gasteiger partial charge in [0.2, 0.25) is 0 Å². The first-order valence-electron chi connectivity index (χ1n) is 6.58. The summed E-state index contributed by atoms with van der Waals surface area (Å²) in [6.45, 7) is 1.95. The van der Waals surface area contributed by atoms with Crippen molar-refractivity contribution in [1.29, 1.82) is 0 Å². The van der Waals surface area contributed by atoms with Crippen LogP contribution in [0.15, 0.2) is 54.6 Å². The second-order valence-electron chi connectivity index (χ2n) is 4.67. The van der Waals surface area contributed by atoms with Crippen molar-refractivity contribution in [1.82, 2.24) is 5.32 Å². The highest BCUT2D eigenvalue weighted by molar-refractivity contribution is 7.80. The molecule has 0 saturated heterocycles. The van der Waals surface area contributed by atoms with E-state index < -0.39 is 0 Å². The normalized spacial score (nSPS) is 11.5. The molecular formula is C16H17N3OS. The van der Waals surface area contributed by atoms with E-state index in [1.165, 1.54) is 0 Å². The standard InChI is InChI=1S/C16H17N3OS/c1-11(12-5-3-2-4-6-12)18-15(20)13-7-9-14(10-8-13)19-16(17)21/h2-11H,1H3,(H,18,20)(H3,17,19,21). The van der Waals surface area contributed by atoms with Crippen LogP contribution in [-0.4, -0.2) is 11.0 Å². The molecule has 108 valence electrons. The largest absolute Gasteiger partial charge is 0.376 e. The van der Waals surface area contributed by atoms with Gasteiger partial charge in [-0.1, -0.05) is 30.3 Å². The molecule has 4 nitrogen and oxygen atoms in total. The lowest BCUT2D eigenvalue weighted by molar-refractivity contribution is 0.0940. The van der Waals surface area contributed by atoms with E-state index in [9.17, 15) is 4.79 Å². The van der Waals surface area contributed by atoms with Gasteiger partial charge in [0.1, 0.15) is 0 Å². The van der Waals surface area contributed by atoms with Crippen molar-refractivity contribution < 1.29 is 4.79 Å². The quantitative estimate of drug-likeness (QED) is 0.760. The van der Waals surface area contributed by atoms with Crippen LogP contribution in [0.4, 0.5) is 5.69 Å². The lowest BCUT2D eigenvalue weighted by Crippen LogP contribution is -2.26. The fourth-order valence-corrected chi connectivity index (χ4v) is 2.07. The number of nitrogens with one attached hydrogen (secondary N) is 2. The maximum Gasteiger partial charge on any atom is 0.251 e. The topological polar surface area (TPSA) is 67.2 Å². The van der Waals surface area contributed by atoms with E-state index in [-0.39, 0.29) is 17.1 Å². The Balaban J connectivity index is 2.01. The number of rotatable bonds is 4. The molecule has 0 fully saturated rings. The minimum absolute atomic E-state index is 0.0480. The Morgan fingerprint density at radius 1 is 1.10 bits per heavy atom. The number of hydrogen-bond donors (Lipinski definition) is 3. The maximum absolute atomic E-state index is 12.2. The van der Waals surface area contributed by atoms with Gasteiger partial charge in [-0.15, -0.1) is 0 Å². The van der Waals surface area contributed by atoms with Crippen molar-refractivity contribution in [3.8, 4) is 0 Å². The van der Waals surface area contributed by atoms with Gasteiger partial charge in [0.15, 0.2) is 5.11 Å². The van der Waals surface area contributed by atoms with Crippen LogP contribution in [0.1, 0.15) is 28.9 Å². The van der Waals surface area contributed by atoms with Crippen molar-refractivity contribution in [3.63, 3.8) is 0 Å². The molecule has 1 amide bonds. The van der Waals surface area contributed by atoms with E-state index >= 15 is 0 Å². The molecule has 21 heavy (non-hydrogen) atoms. The summed E-state index contributed by atoms with van der Waals surface area (Å²) in [6, 6.07) is 16.8. The number of benzene rings is 2. The van der Waals surface area contributed by atoms with E-state index in [1.54, 1.807) is 24.3 Å². The van der Waals surface area contributed by atoms with Crippen molar-refractivity contribution in [2.24, 2.45) is 5.73 Å². The van der Waals surface area contributed by atoms with Gasteiger partial charge < -0.3 is 16.4 Å². The van der Waals surface area contributed by atoms with Crippen LogP contribution < -0.4 is 16.4 Å². The molecule has 0 heterocycles. The van der Waals surface area contributed by atoms with Crippen molar-refractivity contribution in [2.75, 3.05) is 5.32 Å². The number of carbonyl (C=O) groups is 1. The molecule has 0 radical (unpaired) electrons. The summed E-state index contributed by atoms with van der Waals surface area (Å²) in [7, 11) is 0. The second kappa shape index (κ2) is 6.85. The molecule has 0 saturated carbocycles. The molecule has 0 aliphatic heterocycles. The lowest BCUT2D eigenvalue weighted by atomic mass is 10.1. The molecule has 2 rings (SSSR count). The number of carbonyl (C=O) groups excluding carboxylic acids is 1. The van der Waals surface area contributed by atoms with Gasteiger partial charge in [-0.25, -0.2) is 0 Å². The monoisotopic (exact) mass is 299 g/mol. The molecule has 0 spiro atoms. The van der Waals surface area contributed by atoms with Crippen LogP contribution in [0.2, 0.25) is 0 Å². The SMILES string of the molecule is CC(NC(=O)c1ccc(NC(N)=S)cc1)c1ccccc1. The molecule has 1 atom stereocenters. The van der Waals surface area contributed by atoms with E-state index in [1.807, 2.05) is 37.3 Å². The van der Waals surface area contributed by atoms with E-state index in [4.69, 9.17) is 18.0 Å².